The summed E-state index contributed by atoms with van der Waals surface area (Å²) in [6.45, 7) is 9.18. The van der Waals surface area contributed by atoms with Crippen molar-refractivity contribution in [3.8, 4) is 0 Å². The van der Waals surface area contributed by atoms with Crippen LogP contribution in [0.25, 0.3) is 0 Å². The summed E-state index contributed by atoms with van der Waals surface area (Å²) < 4.78 is 1.99. The van der Waals surface area contributed by atoms with Gasteiger partial charge in [-0.25, -0.2) is 0 Å². The quantitative estimate of drug-likeness (QED) is 0.850. The van der Waals surface area contributed by atoms with Gasteiger partial charge in [0, 0.05) is 32.7 Å². The maximum Gasteiger partial charge on any atom is 0.291 e. The van der Waals surface area contributed by atoms with Crippen LogP contribution < -0.4 is 4.90 Å². The normalized spacial score (nSPS) is 21.2. The van der Waals surface area contributed by atoms with Crippen molar-refractivity contribution in [2.24, 2.45) is 5.41 Å². The maximum atomic E-state index is 12.7. The molecule has 6 heteroatoms. The second-order valence-electron chi connectivity index (χ2n) is 8.07. The zero-order valence-corrected chi connectivity index (χ0v) is 15.6. The SMILES string of the molecule is CCn1c(C(=O)N2CCCC2)nnc1N(C)C1CCC(C)(C)CC1. The topological polar surface area (TPSA) is 54.3 Å². The number of hydrogen-bond acceptors (Lipinski definition) is 4. The molecule has 1 aromatic heterocycles. The van der Waals surface area contributed by atoms with Gasteiger partial charge in [-0.15, -0.1) is 10.2 Å². The minimum absolute atomic E-state index is 0.0336. The Balaban J connectivity index is 1.77. The highest BCUT2D eigenvalue weighted by molar-refractivity contribution is 5.91. The average Bonchev–Trinajstić information content (AvgIpc) is 3.23. The lowest BCUT2D eigenvalue weighted by Crippen LogP contribution is -2.39. The van der Waals surface area contributed by atoms with Crippen LogP contribution in [0.1, 0.15) is 69.9 Å². The fourth-order valence-corrected chi connectivity index (χ4v) is 4.00. The Morgan fingerprint density at radius 1 is 1.21 bits per heavy atom. The van der Waals surface area contributed by atoms with Crippen molar-refractivity contribution >= 4 is 11.9 Å². The lowest BCUT2D eigenvalue weighted by molar-refractivity contribution is 0.0775. The van der Waals surface area contributed by atoms with Crippen molar-refractivity contribution in [2.75, 3.05) is 25.0 Å². The van der Waals surface area contributed by atoms with Crippen LogP contribution in [0.5, 0.6) is 0 Å². The van der Waals surface area contributed by atoms with Gasteiger partial charge in [0.1, 0.15) is 0 Å². The van der Waals surface area contributed by atoms with E-state index in [1.165, 1.54) is 25.7 Å². The summed E-state index contributed by atoms with van der Waals surface area (Å²) in [6.07, 6.45) is 7.02. The number of hydrogen-bond donors (Lipinski definition) is 0. The van der Waals surface area contributed by atoms with Crippen LogP contribution in [0.3, 0.4) is 0 Å². The molecule has 6 nitrogen and oxygen atoms in total. The van der Waals surface area contributed by atoms with Crippen molar-refractivity contribution in [3.63, 3.8) is 0 Å². The van der Waals surface area contributed by atoms with Crippen LogP contribution in [0.15, 0.2) is 0 Å². The molecular weight excluding hydrogens is 302 g/mol. The molecule has 1 aliphatic carbocycles. The molecule has 0 atom stereocenters. The van der Waals surface area contributed by atoms with Gasteiger partial charge in [-0.2, -0.15) is 0 Å². The average molecular weight is 333 g/mol. The molecule has 1 aliphatic heterocycles. The van der Waals surface area contributed by atoms with E-state index < -0.39 is 0 Å². The third-order valence-electron chi connectivity index (χ3n) is 5.80. The molecule has 0 spiro atoms. The second-order valence-corrected chi connectivity index (χ2v) is 8.07. The number of anilines is 1. The molecule has 134 valence electrons. The van der Waals surface area contributed by atoms with Crippen LogP contribution in [-0.2, 0) is 6.54 Å². The summed E-state index contributed by atoms with van der Waals surface area (Å²) in [7, 11) is 2.10. The predicted octanol–water partition coefficient (Wildman–Crippen LogP) is 2.94. The summed E-state index contributed by atoms with van der Waals surface area (Å²) in [5.74, 6) is 1.37. The third-order valence-corrected chi connectivity index (χ3v) is 5.80. The van der Waals surface area contributed by atoms with Gasteiger partial charge >= 0.3 is 0 Å². The van der Waals surface area contributed by atoms with Gasteiger partial charge in [0.15, 0.2) is 0 Å². The molecule has 2 fully saturated rings. The molecule has 24 heavy (non-hydrogen) atoms. The van der Waals surface area contributed by atoms with E-state index in [1.807, 2.05) is 9.47 Å². The summed E-state index contributed by atoms with van der Waals surface area (Å²) in [4.78, 5) is 16.9. The molecule has 2 heterocycles. The molecule has 1 amide bonds. The van der Waals surface area contributed by atoms with Crippen LogP contribution in [0.4, 0.5) is 5.95 Å². The molecule has 0 unspecified atom stereocenters. The van der Waals surface area contributed by atoms with E-state index in [4.69, 9.17) is 0 Å². The molecule has 2 aliphatic rings. The summed E-state index contributed by atoms with van der Waals surface area (Å²) in [6, 6.07) is 0.488. The van der Waals surface area contributed by atoms with Crippen molar-refractivity contribution in [2.45, 2.75) is 71.9 Å². The molecule has 0 bridgehead atoms. The Morgan fingerprint density at radius 2 is 1.83 bits per heavy atom. The molecule has 1 aromatic rings. The van der Waals surface area contributed by atoms with Crippen LogP contribution in [0, 0.1) is 5.41 Å². The first-order valence-electron chi connectivity index (χ1n) is 9.38. The van der Waals surface area contributed by atoms with E-state index in [1.54, 1.807) is 0 Å². The first-order chi connectivity index (χ1) is 11.4. The molecule has 0 N–H and O–H groups in total. The summed E-state index contributed by atoms with van der Waals surface area (Å²) in [5, 5.41) is 8.64. The van der Waals surface area contributed by atoms with Gasteiger partial charge in [-0.1, -0.05) is 13.8 Å². The number of amides is 1. The number of rotatable bonds is 4. The van der Waals surface area contributed by atoms with Crippen molar-refractivity contribution in [1.82, 2.24) is 19.7 Å². The van der Waals surface area contributed by atoms with E-state index in [0.29, 0.717) is 17.3 Å². The van der Waals surface area contributed by atoms with E-state index in [9.17, 15) is 4.79 Å². The Kier molecular flexibility index (Phi) is 4.83. The van der Waals surface area contributed by atoms with Gasteiger partial charge in [0.25, 0.3) is 5.91 Å². The van der Waals surface area contributed by atoms with Gasteiger partial charge in [0.05, 0.1) is 0 Å². The largest absolute Gasteiger partial charge is 0.341 e. The minimum Gasteiger partial charge on any atom is -0.341 e. The fraction of sp³-hybridized carbons (Fsp3) is 0.833. The maximum absolute atomic E-state index is 12.7. The van der Waals surface area contributed by atoms with Crippen molar-refractivity contribution < 1.29 is 4.79 Å². The van der Waals surface area contributed by atoms with Crippen LogP contribution >= 0.6 is 0 Å². The Labute approximate surface area is 145 Å². The van der Waals surface area contributed by atoms with Gasteiger partial charge < -0.3 is 9.80 Å². The number of likely N-dealkylation sites (tertiary alicyclic amines) is 1. The Hall–Kier alpha value is -1.59. The summed E-state index contributed by atoms with van der Waals surface area (Å²) in [5.41, 5.74) is 0.451. The summed E-state index contributed by atoms with van der Waals surface area (Å²) >= 11 is 0. The number of nitrogens with zero attached hydrogens (tertiary/aromatic N) is 5. The Morgan fingerprint density at radius 3 is 2.42 bits per heavy atom. The smallest absolute Gasteiger partial charge is 0.291 e. The monoisotopic (exact) mass is 333 g/mol. The zero-order valence-electron chi connectivity index (χ0n) is 15.6. The fourth-order valence-electron chi connectivity index (χ4n) is 4.00. The van der Waals surface area contributed by atoms with Crippen LogP contribution in [0.2, 0.25) is 0 Å². The second kappa shape index (κ2) is 6.73. The third kappa shape index (κ3) is 3.28. The highest BCUT2D eigenvalue weighted by Crippen LogP contribution is 2.37. The molecule has 3 rings (SSSR count). The van der Waals surface area contributed by atoms with E-state index >= 15 is 0 Å². The highest BCUT2D eigenvalue weighted by Gasteiger charge is 2.32. The van der Waals surface area contributed by atoms with Gasteiger partial charge in [-0.05, 0) is 50.9 Å². The minimum atomic E-state index is 0.0336. The lowest BCUT2D eigenvalue weighted by atomic mass is 9.75. The number of carbonyl (C=O) groups excluding carboxylic acids is 1. The molecule has 0 radical (unpaired) electrons. The molecule has 0 aromatic carbocycles. The predicted molar refractivity (Wildman–Crippen MR) is 95.3 cm³/mol. The Bertz CT molecular complexity index is 578. The van der Waals surface area contributed by atoms with Crippen LogP contribution in [-0.4, -0.2) is 51.8 Å². The van der Waals surface area contributed by atoms with E-state index in [0.717, 1.165) is 38.4 Å². The van der Waals surface area contributed by atoms with E-state index in [2.05, 4.69) is 42.9 Å². The lowest BCUT2D eigenvalue weighted by Gasteiger charge is -2.38. The molecular formula is C18H31N5O. The molecule has 1 saturated heterocycles. The zero-order chi connectivity index (χ0) is 17.3. The van der Waals surface area contributed by atoms with Crippen molar-refractivity contribution in [3.05, 3.63) is 5.82 Å². The standard InChI is InChI=1S/C18H31N5O/c1-5-23-15(16(24)22-12-6-7-13-22)19-20-17(23)21(4)14-8-10-18(2,3)11-9-14/h14H,5-13H2,1-4H3. The van der Waals surface area contributed by atoms with E-state index in [-0.39, 0.29) is 5.91 Å². The molecule has 1 saturated carbocycles. The van der Waals surface area contributed by atoms with Gasteiger partial charge in [-0.3, -0.25) is 9.36 Å². The highest BCUT2D eigenvalue weighted by atomic mass is 16.2. The first-order valence-corrected chi connectivity index (χ1v) is 9.38. The number of carbonyl (C=O) groups is 1. The number of aromatic nitrogens is 3. The first kappa shape index (κ1) is 17.2. The van der Waals surface area contributed by atoms with Gasteiger partial charge in [0.2, 0.25) is 11.8 Å². The van der Waals surface area contributed by atoms with Crippen molar-refractivity contribution in [1.29, 1.82) is 0 Å².